The number of aromatic nitrogens is 3. The van der Waals surface area contributed by atoms with Crippen LogP contribution >= 0.6 is 11.8 Å². The summed E-state index contributed by atoms with van der Waals surface area (Å²) < 4.78 is 7.27. The van der Waals surface area contributed by atoms with Crippen molar-refractivity contribution in [3.05, 3.63) is 48.5 Å². The molecule has 1 heterocycles. The van der Waals surface area contributed by atoms with E-state index in [0.29, 0.717) is 23.3 Å². The number of nitrogens with two attached hydrogens (primary N) is 1. The van der Waals surface area contributed by atoms with Crippen LogP contribution < -0.4 is 15.8 Å². The zero-order valence-electron chi connectivity index (χ0n) is 16.0. The number of hydrogen-bond acceptors (Lipinski definition) is 6. The van der Waals surface area contributed by atoms with Crippen molar-refractivity contribution in [1.29, 1.82) is 0 Å². The number of thioether (sulfide) groups is 1. The monoisotopic (exact) mass is 397 g/mol. The van der Waals surface area contributed by atoms with Crippen LogP contribution in [0.4, 0.5) is 11.4 Å². The average Bonchev–Trinajstić information content (AvgIpc) is 3.04. The predicted octanol–water partition coefficient (Wildman–Crippen LogP) is 3.58. The minimum atomic E-state index is -0.344. The highest BCUT2D eigenvalue weighted by molar-refractivity contribution is 8.00. The van der Waals surface area contributed by atoms with Gasteiger partial charge in [-0.25, -0.2) is 0 Å². The minimum absolute atomic E-state index is 0.109. The van der Waals surface area contributed by atoms with E-state index in [1.807, 2.05) is 74.0 Å². The van der Waals surface area contributed by atoms with Crippen molar-refractivity contribution in [2.24, 2.45) is 7.05 Å². The first-order chi connectivity index (χ1) is 13.5. The summed E-state index contributed by atoms with van der Waals surface area (Å²) in [6, 6.07) is 14.8. The van der Waals surface area contributed by atoms with Gasteiger partial charge < -0.3 is 20.4 Å². The van der Waals surface area contributed by atoms with Crippen LogP contribution in [0.1, 0.15) is 13.8 Å². The van der Waals surface area contributed by atoms with Gasteiger partial charge in [-0.1, -0.05) is 23.9 Å². The second kappa shape index (κ2) is 8.79. The molecule has 1 atom stereocenters. The average molecular weight is 398 g/mol. The van der Waals surface area contributed by atoms with Crippen LogP contribution in [0.3, 0.4) is 0 Å². The number of benzene rings is 2. The summed E-state index contributed by atoms with van der Waals surface area (Å²) in [6.45, 7) is 4.37. The molecule has 1 amide bonds. The zero-order valence-corrected chi connectivity index (χ0v) is 16.9. The molecule has 0 aliphatic carbocycles. The van der Waals surface area contributed by atoms with Gasteiger partial charge in [-0.05, 0) is 50.2 Å². The number of carbonyl (C=O) groups excluding carboxylic acids is 1. The molecule has 0 spiro atoms. The lowest BCUT2D eigenvalue weighted by atomic mass is 10.2. The number of ether oxygens (including phenoxy) is 1. The fraction of sp³-hybridized carbons (Fsp3) is 0.250. The Morgan fingerprint density at radius 1 is 1.25 bits per heavy atom. The number of carbonyl (C=O) groups is 1. The Morgan fingerprint density at radius 2 is 2.00 bits per heavy atom. The summed E-state index contributed by atoms with van der Waals surface area (Å²) in [6.07, 6.45) is 0. The summed E-state index contributed by atoms with van der Waals surface area (Å²) in [5.41, 5.74) is 8.12. The highest BCUT2D eigenvalue weighted by atomic mass is 32.2. The Kier molecular flexibility index (Phi) is 6.20. The van der Waals surface area contributed by atoms with Crippen molar-refractivity contribution in [3.63, 3.8) is 0 Å². The lowest BCUT2D eigenvalue weighted by Gasteiger charge is -2.12. The molecule has 0 saturated heterocycles. The van der Waals surface area contributed by atoms with Crippen LogP contribution in [0.15, 0.2) is 53.7 Å². The Morgan fingerprint density at radius 3 is 2.68 bits per heavy atom. The molecule has 0 bridgehead atoms. The molecule has 146 valence electrons. The van der Waals surface area contributed by atoms with Crippen molar-refractivity contribution in [3.8, 4) is 17.1 Å². The van der Waals surface area contributed by atoms with Crippen LogP contribution in [0.2, 0.25) is 0 Å². The number of rotatable bonds is 7. The fourth-order valence-corrected chi connectivity index (χ4v) is 3.42. The molecule has 8 heteroatoms. The standard InChI is InChI=1S/C20H23N5O2S/c1-4-27-17-10-8-16(9-11-17)22-19(26)13(2)28-20-24-23-18(25(20)3)14-6-5-7-15(21)12-14/h5-13H,4,21H2,1-3H3,(H,22,26)/t13-/m0/s1. The van der Waals surface area contributed by atoms with Crippen molar-refractivity contribution < 1.29 is 9.53 Å². The highest BCUT2D eigenvalue weighted by Crippen LogP contribution is 2.27. The van der Waals surface area contributed by atoms with E-state index in [1.165, 1.54) is 11.8 Å². The molecular weight excluding hydrogens is 374 g/mol. The van der Waals surface area contributed by atoms with Gasteiger partial charge in [0.2, 0.25) is 5.91 Å². The van der Waals surface area contributed by atoms with Crippen LogP contribution in [0.25, 0.3) is 11.4 Å². The number of hydrogen-bond donors (Lipinski definition) is 2. The van der Waals surface area contributed by atoms with E-state index in [1.54, 1.807) is 0 Å². The molecule has 0 aliphatic rings. The van der Waals surface area contributed by atoms with Gasteiger partial charge in [-0.2, -0.15) is 0 Å². The van der Waals surface area contributed by atoms with Crippen molar-refractivity contribution in [1.82, 2.24) is 14.8 Å². The summed E-state index contributed by atoms with van der Waals surface area (Å²) in [5, 5.41) is 11.7. The van der Waals surface area contributed by atoms with Crippen molar-refractivity contribution in [2.45, 2.75) is 24.3 Å². The van der Waals surface area contributed by atoms with Gasteiger partial charge in [0.1, 0.15) is 5.75 Å². The molecule has 0 radical (unpaired) electrons. The summed E-state index contributed by atoms with van der Waals surface area (Å²) >= 11 is 1.35. The molecule has 0 saturated carbocycles. The SMILES string of the molecule is CCOc1ccc(NC(=O)[C@H](C)Sc2nnc(-c3cccc(N)c3)n2C)cc1. The Balaban J connectivity index is 1.65. The van der Waals surface area contributed by atoms with Gasteiger partial charge in [0.15, 0.2) is 11.0 Å². The van der Waals surface area contributed by atoms with Crippen LogP contribution in [0.5, 0.6) is 5.75 Å². The smallest absolute Gasteiger partial charge is 0.237 e. The zero-order chi connectivity index (χ0) is 20.1. The van der Waals surface area contributed by atoms with Crippen LogP contribution in [-0.2, 0) is 11.8 Å². The number of nitrogens with one attached hydrogen (secondary N) is 1. The van der Waals surface area contributed by atoms with Gasteiger partial charge >= 0.3 is 0 Å². The molecule has 28 heavy (non-hydrogen) atoms. The summed E-state index contributed by atoms with van der Waals surface area (Å²) in [7, 11) is 1.87. The third kappa shape index (κ3) is 4.64. The third-order valence-electron chi connectivity index (χ3n) is 4.06. The van der Waals surface area contributed by atoms with E-state index < -0.39 is 0 Å². The van der Waals surface area contributed by atoms with E-state index in [-0.39, 0.29) is 11.2 Å². The molecule has 3 N–H and O–H groups in total. The summed E-state index contributed by atoms with van der Waals surface area (Å²) in [5.74, 6) is 1.37. The van der Waals surface area contributed by atoms with Gasteiger partial charge in [0.05, 0.1) is 11.9 Å². The molecule has 0 fully saturated rings. The van der Waals surface area contributed by atoms with Gasteiger partial charge in [-0.15, -0.1) is 10.2 Å². The molecule has 0 unspecified atom stereocenters. The molecule has 1 aromatic heterocycles. The molecule has 7 nitrogen and oxygen atoms in total. The number of nitrogen functional groups attached to an aromatic ring is 1. The number of amides is 1. The summed E-state index contributed by atoms with van der Waals surface area (Å²) in [4.78, 5) is 12.5. The van der Waals surface area contributed by atoms with E-state index in [9.17, 15) is 4.79 Å². The normalized spacial score (nSPS) is 11.8. The van der Waals surface area contributed by atoms with Crippen molar-refractivity contribution >= 4 is 29.0 Å². The highest BCUT2D eigenvalue weighted by Gasteiger charge is 2.19. The van der Waals surface area contributed by atoms with Gasteiger partial charge in [0, 0.05) is 24.0 Å². The third-order valence-corrected chi connectivity index (χ3v) is 5.20. The van der Waals surface area contributed by atoms with E-state index >= 15 is 0 Å². The van der Waals surface area contributed by atoms with Gasteiger partial charge in [-0.3, -0.25) is 4.79 Å². The van der Waals surface area contributed by atoms with Crippen molar-refractivity contribution in [2.75, 3.05) is 17.7 Å². The molecule has 0 aliphatic heterocycles. The van der Waals surface area contributed by atoms with Gasteiger partial charge in [0.25, 0.3) is 0 Å². The van der Waals surface area contributed by atoms with Crippen LogP contribution in [0, 0.1) is 0 Å². The molecular formula is C20H23N5O2S. The first-order valence-electron chi connectivity index (χ1n) is 8.93. The first kappa shape index (κ1) is 19.8. The first-order valence-corrected chi connectivity index (χ1v) is 9.81. The quantitative estimate of drug-likeness (QED) is 0.467. The maximum atomic E-state index is 12.5. The van der Waals surface area contributed by atoms with E-state index in [4.69, 9.17) is 10.5 Å². The molecule has 3 rings (SSSR count). The Labute approximate surface area is 168 Å². The van der Waals surface area contributed by atoms with E-state index in [0.717, 1.165) is 17.0 Å². The molecule has 3 aromatic rings. The largest absolute Gasteiger partial charge is 0.494 e. The maximum absolute atomic E-state index is 12.5. The number of nitrogens with zero attached hydrogens (tertiary/aromatic N) is 3. The van der Waals surface area contributed by atoms with E-state index in [2.05, 4.69) is 15.5 Å². The maximum Gasteiger partial charge on any atom is 0.237 e. The lowest BCUT2D eigenvalue weighted by molar-refractivity contribution is -0.115. The lowest BCUT2D eigenvalue weighted by Crippen LogP contribution is -2.22. The predicted molar refractivity (Wildman–Crippen MR) is 112 cm³/mol. The second-order valence-corrected chi connectivity index (χ2v) is 7.51. The topological polar surface area (TPSA) is 95.1 Å². The minimum Gasteiger partial charge on any atom is -0.494 e. The number of anilines is 2. The molecule has 2 aromatic carbocycles. The Hall–Kier alpha value is -3.00. The second-order valence-electron chi connectivity index (χ2n) is 6.20. The fourth-order valence-electron chi connectivity index (χ4n) is 2.60. The Bertz CT molecular complexity index is 955. The van der Waals surface area contributed by atoms with Crippen LogP contribution in [-0.4, -0.2) is 32.5 Å².